The number of carbonyl (C=O) groups is 2. The van der Waals surface area contributed by atoms with Crippen molar-refractivity contribution in [3.63, 3.8) is 0 Å². The van der Waals surface area contributed by atoms with Gasteiger partial charge in [-0.25, -0.2) is 0 Å². The lowest BCUT2D eigenvalue weighted by molar-refractivity contribution is -0.121. The molecule has 1 aromatic heterocycles. The van der Waals surface area contributed by atoms with E-state index < -0.39 is 0 Å². The minimum absolute atomic E-state index is 0.00930. The number of Topliss-reactive ketones (excluding diaryl/α,β-unsaturated/α-hetero) is 2. The number of carbonyl (C=O) groups excluding carboxylic acids is 2. The number of ketones is 2. The number of rotatable bonds is 14. The lowest BCUT2D eigenvalue weighted by Crippen LogP contribution is -2.25. The molecule has 6 nitrogen and oxygen atoms in total. The highest BCUT2D eigenvalue weighted by atomic mass is 16.5. The van der Waals surface area contributed by atoms with Gasteiger partial charge in [0, 0.05) is 29.1 Å². The molecular weight excluding hydrogens is 394 g/mol. The number of aromatic nitrogens is 1. The van der Waals surface area contributed by atoms with Crippen LogP contribution in [0, 0.1) is 6.92 Å². The second kappa shape index (κ2) is 12.9. The van der Waals surface area contributed by atoms with Gasteiger partial charge in [-0.2, -0.15) is 0 Å². The van der Waals surface area contributed by atoms with Crippen molar-refractivity contribution in [2.45, 2.75) is 71.6 Å². The number of ether oxygens (including phenoxy) is 3. The molecule has 0 amide bonds. The van der Waals surface area contributed by atoms with Crippen LogP contribution in [0.5, 0.6) is 5.75 Å². The van der Waals surface area contributed by atoms with Crippen molar-refractivity contribution in [1.29, 1.82) is 0 Å². The van der Waals surface area contributed by atoms with Crippen LogP contribution in [0.25, 0.3) is 0 Å². The Balaban J connectivity index is 1.56. The summed E-state index contributed by atoms with van der Waals surface area (Å²) in [6.07, 6.45) is 11.3. The van der Waals surface area contributed by atoms with Crippen LogP contribution in [0.2, 0.25) is 0 Å². The number of unbranched alkanes of at least 4 members (excludes halogenated alkanes) is 7. The van der Waals surface area contributed by atoms with E-state index >= 15 is 0 Å². The summed E-state index contributed by atoms with van der Waals surface area (Å²) in [4.78, 5) is 29.1. The molecule has 2 rings (SSSR count). The van der Waals surface area contributed by atoms with Crippen molar-refractivity contribution < 1.29 is 23.8 Å². The van der Waals surface area contributed by atoms with Crippen LogP contribution in [0.3, 0.4) is 0 Å². The number of nitrogens with zero attached hydrogens (tertiary/aromatic N) is 1. The molecule has 1 heterocycles. The van der Waals surface area contributed by atoms with Crippen molar-refractivity contribution in [1.82, 2.24) is 4.98 Å². The lowest BCUT2D eigenvalue weighted by Gasteiger charge is -2.20. The quantitative estimate of drug-likeness (QED) is 0.297. The van der Waals surface area contributed by atoms with Crippen LogP contribution in [0.15, 0.2) is 41.0 Å². The third-order valence-corrected chi connectivity index (χ3v) is 5.55. The molecule has 0 N–H and O–H groups in total. The van der Waals surface area contributed by atoms with Crippen LogP contribution in [0.4, 0.5) is 0 Å². The van der Waals surface area contributed by atoms with Gasteiger partial charge in [0.2, 0.25) is 23.1 Å². The highest BCUT2D eigenvalue weighted by Gasteiger charge is 2.34. The van der Waals surface area contributed by atoms with Crippen LogP contribution in [0.1, 0.15) is 70.4 Å². The highest BCUT2D eigenvalue weighted by molar-refractivity contribution is 6.23. The van der Waals surface area contributed by atoms with E-state index in [0.29, 0.717) is 17.6 Å². The highest BCUT2D eigenvalue weighted by Crippen LogP contribution is 2.28. The Morgan fingerprint density at radius 2 is 1.39 bits per heavy atom. The zero-order chi connectivity index (χ0) is 22.6. The Morgan fingerprint density at radius 1 is 0.806 bits per heavy atom. The summed E-state index contributed by atoms with van der Waals surface area (Å²) < 4.78 is 15.9. The number of aryl methyl sites for hydroxylation is 1. The normalized spacial score (nSPS) is 14.3. The van der Waals surface area contributed by atoms with E-state index in [1.807, 2.05) is 19.1 Å². The SMILES string of the molecule is COC1=C(OC)C(=O)C(CCCCCCCCCCOc2ccnc(C)c2)=C(C)C1=O. The zero-order valence-electron chi connectivity index (χ0n) is 19.3. The van der Waals surface area contributed by atoms with E-state index in [1.54, 1.807) is 13.1 Å². The van der Waals surface area contributed by atoms with E-state index in [0.717, 1.165) is 43.7 Å². The molecular formula is C25H35NO5. The summed E-state index contributed by atoms with van der Waals surface area (Å²) in [6.45, 7) is 4.40. The van der Waals surface area contributed by atoms with Crippen molar-refractivity contribution in [3.05, 3.63) is 46.7 Å². The van der Waals surface area contributed by atoms with Gasteiger partial charge in [0.05, 0.1) is 20.8 Å². The number of pyridine rings is 1. The smallest absolute Gasteiger partial charge is 0.228 e. The van der Waals surface area contributed by atoms with Gasteiger partial charge in [-0.05, 0) is 39.2 Å². The van der Waals surface area contributed by atoms with Gasteiger partial charge in [-0.1, -0.05) is 38.5 Å². The molecule has 31 heavy (non-hydrogen) atoms. The molecule has 170 valence electrons. The molecule has 0 unspecified atom stereocenters. The van der Waals surface area contributed by atoms with Gasteiger partial charge in [0.25, 0.3) is 0 Å². The Morgan fingerprint density at radius 3 is 2.00 bits per heavy atom. The first-order valence-corrected chi connectivity index (χ1v) is 11.2. The fraction of sp³-hybridized carbons (Fsp3) is 0.560. The van der Waals surface area contributed by atoms with Crippen LogP contribution in [-0.2, 0) is 19.1 Å². The minimum atomic E-state index is -0.253. The Hall–Kier alpha value is -2.63. The van der Waals surface area contributed by atoms with Gasteiger partial charge in [-0.3, -0.25) is 14.6 Å². The van der Waals surface area contributed by atoms with Crippen molar-refractivity contribution in [3.8, 4) is 5.75 Å². The maximum absolute atomic E-state index is 12.6. The maximum atomic E-state index is 12.6. The second-order valence-corrected chi connectivity index (χ2v) is 7.89. The summed E-state index contributed by atoms with van der Waals surface area (Å²) in [6, 6.07) is 3.85. The number of methoxy groups -OCH3 is 2. The molecule has 0 saturated heterocycles. The summed E-state index contributed by atoms with van der Waals surface area (Å²) >= 11 is 0. The molecule has 1 aromatic rings. The van der Waals surface area contributed by atoms with E-state index in [9.17, 15) is 9.59 Å². The predicted molar refractivity (Wildman–Crippen MR) is 120 cm³/mol. The summed E-state index contributed by atoms with van der Waals surface area (Å²) in [5.41, 5.74) is 2.01. The van der Waals surface area contributed by atoms with E-state index in [-0.39, 0.29) is 23.1 Å². The van der Waals surface area contributed by atoms with Gasteiger partial charge in [0.15, 0.2) is 0 Å². The topological polar surface area (TPSA) is 74.7 Å². The molecule has 0 atom stereocenters. The van der Waals surface area contributed by atoms with Crippen molar-refractivity contribution >= 4 is 11.6 Å². The minimum Gasteiger partial charge on any atom is -0.493 e. The molecule has 0 fully saturated rings. The molecule has 6 heteroatoms. The van der Waals surface area contributed by atoms with Crippen molar-refractivity contribution in [2.75, 3.05) is 20.8 Å². The van der Waals surface area contributed by atoms with Gasteiger partial charge >= 0.3 is 0 Å². The summed E-state index contributed by atoms with van der Waals surface area (Å²) in [7, 11) is 2.77. The van der Waals surface area contributed by atoms with Gasteiger partial charge in [-0.15, -0.1) is 0 Å². The number of allylic oxidation sites excluding steroid dienone is 2. The Labute approximate surface area is 185 Å². The average Bonchev–Trinajstić information content (AvgIpc) is 2.76. The third-order valence-electron chi connectivity index (χ3n) is 5.55. The molecule has 0 bridgehead atoms. The van der Waals surface area contributed by atoms with E-state index in [4.69, 9.17) is 14.2 Å². The monoisotopic (exact) mass is 429 g/mol. The van der Waals surface area contributed by atoms with E-state index in [1.165, 1.54) is 39.9 Å². The first kappa shape index (κ1) is 24.6. The van der Waals surface area contributed by atoms with Gasteiger partial charge in [0.1, 0.15) is 5.75 Å². The predicted octanol–water partition coefficient (Wildman–Crippen LogP) is 5.25. The standard InChI is InChI=1S/C25H35NO5/c1-18-17-20(14-15-26-18)31-16-12-10-8-6-5-7-9-11-13-21-19(2)22(27)24(29-3)25(30-4)23(21)28/h14-15,17H,5-13,16H2,1-4H3. The van der Waals surface area contributed by atoms with Crippen LogP contribution in [-0.4, -0.2) is 37.4 Å². The third kappa shape index (κ3) is 7.23. The lowest BCUT2D eigenvalue weighted by atomic mass is 9.89. The number of hydrogen-bond acceptors (Lipinski definition) is 6. The zero-order valence-corrected chi connectivity index (χ0v) is 19.3. The molecule has 0 saturated carbocycles. The van der Waals surface area contributed by atoms with Crippen LogP contribution >= 0.6 is 0 Å². The van der Waals surface area contributed by atoms with Crippen molar-refractivity contribution in [2.24, 2.45) is 0 Å². The van der Waals surface area contributed by atoms with Crippen LogP contribution < -0.4 is 4.74 Å². The van der Waals surface area contributed by atoms with Gasteiger partial charge < -0.3 is 14.2 Å². The molecule has 0 aliphatic heterocycles. The Kier molecular flexibility index (Phi) is 10.3. The summed E-state index contributed by atoms with van der Waals surface area (Å²) in [5.74, 6) is 0.450. The Bertz CT molecular complexity index is 825. The second-order valence-electron chi connectivity index (χ2n) is 7.89. The first-order valence-electron chi connectivity index (χ1n) is 11.2. The van der Waals surface area contributed by atoms with E-state index in [2.05, 4.69) is 4.98 Å². The average molecular weight is 430 g/mol. The molecule has 0 spiro atoms. The largest absolute Gasteiger partial charge is 0.493 e. The number of hydrogen-bond donors (Lipinski definition) is 0. The summed E-state index contributed by atoms with van der Waals surface area (Å²) in [5, 5.41) is 0. The molecule has 0 aromatic carbocycles. The first-order chi connectivity index (χ1) is 15.0. The maximum Gasteiger partial charge on any atom is 0.228 e. The molecule has 1 aliphatic carbocycles. The fourth-order valence-electron chi connectivity index (χ4n) is 3.76. The fourth-order valence-corrected chi connectivity index (χ4v) is 3.76. The molecule has 1 aliphatic rings. The molecule has 0 radical (unpaired) electrons.